The van der Waals surface area contributed by atoms with Gasteiger partial charge >= 0.3 is 0 Å². The summed E-state index contributed by atoms with van der Waals surface area (Å²) in [4.78, 5) is 25.8. The van der Waals surface area contributed by atoms with E-state index >= 15 is 0 Å². The third-order valence-corrected chi connectivity index (χ3v) is 5.14. The van der Waals surface area contributed by atoms with E-state index in [1.807, 2.05) is 43.3 Å². The van der Waals surface area contributed by atoms with Crippen molar-refractivity contribution in [3.8, 4) is 0 Å². The summed E-state index contributed by atoms with van der Waals surface area (Å²) in [6.07, 6.45) is -1.45. The van der Waals surface area contributed by atoms with E-state index in [1.54, 1.807) is 31.2 Å². The zero-order valence-electron chi connectivity index (χ0n) is 15.0. The average molecular weight is 352 g/mol. The van der Waals surface area contributed by atoms with Gasteiger partial charge in [-0.3, -0.25) is 9.59 Å². The molecule has 1 saturated heterocycles. The van der Waals surface area contributed by atoms with E-state index in [1.165, 1.54) is 0 Å². The standard InChI is InChI=1S/C22H24O4/c1-14(23)22-20(21(25)17-11-7-4-8-12-17)18(15(2)26-22)13-19(24)16-9-5-3-6-10-16/h3-12,14-15,18,20,22-23H,13H2,1-2H3/t14?,15-,18+,20+,22+/m0/s1. The van der Waals surface area contributed by atoms with Crippen molar-refractivity contribution in [2.24, 2.45) is 11.8 Å². The Hall–Kier alpha value is -2.30. The maximum absolute atomic E-state index is 13.1. The summed E-state index contributed by atoms with van der Waals surface area (Å²) in [6.45, 7) is 3.50. The number of ether oxygens (including phenoxy) is 1. The van der Waals surface area contributed by atoms with Gasteiger partial charge in [-0.1, -0.05) is 60.7 Å². The van der Waals surface area contributed by atoms with Crippen LogP contribution >= 0.6 is 0 Å². The van der Waals surface area contributed by atoms with Crippen LogP contribution in [0.2, 0.25) is 0 Å². The van der Waals surface area contributed by atoms with Crippen molar-refractivity contribution in [1.29, 1.82) is 0 Å². The molecule has 4 nitrogen and oxygen atoms in total. The van der Waals surface area contributed by atoms with E-state index in [0.29, 0.717) is 11.1 Å². The second kappa shape index (κ2) is 7.94. The van der Waals surface area contributed by atoms with Crippen molar-refractivity contribution in [3.63, 3.8) is 0 Å². The summed E-state index contributed by atoms with van der Waals surface area (Å²) in [7, 11) is 0. The van der Waals surface area contributed by atoms with E-state index < -0.39 is 18.1 Å². The molecule has 0 radical (unpaired) electrons. The molecule has 2 aromatic rings. The van der Waals surface area contributed by atoms with Gasteiger partial charge in [0, 0.05) is 23.5 Å². The van der Waals surface area contributed by atoms with Gasteiger partial charge < -0.3 is 9.84 Å². The van der Waals surface area contributed by atoms with Crippen molar-refractivity contribution in [2.45, 2.75) is 38.6 Å². The largest absolute Gasteiger partial charge is 0.391 e. The molecule has 0 aromatic heterocycles. The topological polar surface area (TPSA) is 63.6 Å². The number of hydrogen-bond acceptors (Lipinski definition) is 4. The third kappa shape index (κ3) is 3.76. The van der Waals surface area contributed by atoms with Crippen LogP contribution in [0.3, 0.4) is 0 Å². The van der Waals surface area contributed by atoms with Crippen LogP contribution in [-0.4, -0.2) is 35.0 Å². The van der Waals surface area contributed by atoms with Gasteiger partial charge in [0.2, 0.25) is 0 Å². The van der Waals surface area contributed by atoms with Crippen LogP contribution in [0, 0.1) is 11.8 Å². The van der Waals surface area contributed by atoms with Gasteiger partial charge in [0.15, 0.2) is 11.6 Å². The van der Waals surface area contributed by atoms with E-state index in [0.717, 1.165) is 0 Å². The zero-order valence-corrected chi connectivity index (χ0v) is 15.0. The van der Waals surface area contributed by atoms with Crippen molar-refractivity contribution in [3.05, 3.63) is 71.8 Å². The van der Waals surface area contributed by atoms with Gasteiger partial charge in [0.05, 0.1) is 24.2 Å². The summed E-state index contributed by atoms with van der Waals surface area (Å²) in [5.41, 5.74) is 1.21. The second-order valence-electron chi connectivity index (χ2n) is 6.96. The molecule has 136 valence electrons. The molecule has 0 spiro atoms. The lowest BCUT2D eigenvalue weighted by atomic mass is 9.77. The number of ketones is 2. The first-order valence-corrected chi connectivity index (χ1v) is 9.00. The van der Waals surface area contributed by atoms with Crippen LogP contribution in [-0.2, 0) is 4.74 Å². The minimum Gasteiger partial charge on any atom is -0.391 e. The van der Waals surface area contributed by atoms with Crippen molar-refractivity contribution < 1.29 is 19.4 Å². The molecule has 1 unspecified atom stereocenters. The molecule has 1 N–H and O–H groups in total. The lowest BCUT2D eigenvalue weighted by Crippen LogP contribution is -2.36. The monoisotopic (exact) mass is 352 g/mol. The fraction of sp³-hybridized carbons (Fsp3) is 0.364. The number of carbonyl (C=O) groups is 2. The molecular weight excluding hydrogens is 328 g/mol. The molecule has 26 heavy (non-hydrogen) atoms. The number of carbonyl (C=O) groups excluding carboxylic acids is 2. The predicted molar refractivity (Wildman–Crippen MR) is 99.2 cm³/mol. The SMILES string of the molecule is CC(O)[C@H]1O[C@@H](C)[C@@H](CC(=O)c2ccccc2)[C@@H]1C(=O)c1ccccc1. The average Bonchev–Trinajstić information content (AvgIpc) is 2.99. The van der Waals surface area contributed by atoms with Gasteiger partial charge in [-0.2, -0.15) is 0 Å². The van der Waals surface area contributed by atoms with Gasteiger partial charge in [-0.05, 0) is 13.8 Å². The summed E-state index contributed by atoms with van der Waals surface area (Å²) in [5, 5.41) is 10.1. The Balaban J connectivity index is 1.88. The van der Waals surface area contributed by atoms with E-state index in [4.69, 9.17) is 4.74 Å². The first kappa shape index (κ1) is 18.5. The first-order valence-electron chi connectivity index (χ1n) is 9.00. The summed E-state index contributed by atoms with van der Waals surface area (Å²) >= 11 is 0. The molecular formula is C22H24O4. The fourth-order valence-corrected chi connectivity index (χ4v) is 3.77. The lowest BCUT2D eigenvalue weighted by Gasteiger charge is -2.23. The van der Waals surface area contributed by atoms with Crippen molar-refractivity contribution >= 4 is 11.6 Å². The molecule has 4 heteroatoms. The summed E-state index contributed by atoms with van der Waals surface area (Å²) in [6, 6.07) is 18.1. The number of aliphatic hydroxyl groups is 1. The minimum atomic E-state index is -0.785. The molecule has 1 aliphatic rings. The Morgan fingerprint density at radius 1 is 1.00 bits per heavy atom. The van der Waals surface area contributed by atoms with E-state index in [2.05, 4.69) is 0 Å². The van der Waals surface area contributed by atoms with Gasteiger partial charge in [-0.25, -0.2) is 0 Å². The predicted octanol–water partition coefficient (Wildman–Crippen LogP) is 3.54. The molecule has 0 bridgehead atoms. The van der Waals surface area contributed by atoms with Gasteiger partial charge in [0.1, 0.15) is 0 Å². The fourth-order valence-electron chi connectivity index (χ4n) is 3.77. The Kier molecular flexibility index (Phi) is 5.64. The number of rotatable bonds is 6. The van der Waals surface area contributed by atoms with E-state index in [-0.39, 0.29) is 30.0 Å². The molecule has 2 aromatic carbocycles. The molecule has 5 atom stereocenters. The molecule has 0 saturated carbocycles. The maximum Gasteiger partial charge on any atom is 0.169 e. The molecule has 1 aliphatic heterocycles. The van der Waals surface area contributed by atoms with Crippen molar-refractivity contribution in [1.82, 2.24) is 0 Å². The van der Waals surface area contributed by atoms with Crippen LogP contribution in [0.25, 0.3) is 0 Å². The Morgan fingerprint density at radius 3 is 2.08 bits per heavy atom. The number of Topliss-reactive ketones (excluding diaryl/α,β-unsaturated/α-hetero) is 2. The Morgan fingerprint density at radius 2 is 1.54 bits per heavy atom. The zero-order chi connectivity index (χ0) is 18.7. The molecule has 1 heterocycles. The highest BCUT2D eigenvalue weighted by molar-refractivity contribution is 6.00. The summed E-state index contributed by atoms with van der Waals surface area (Å²) in [5.74, 6) is -0.898. The highest BCUT2D eigenvalue weighted by Gasteiger charge is 2.48. The van der Waals surface area contributed by atoms with E-state index in [9.17, 15) is 14.7 Å². The molecule has 3 rings (SSSR count). The first-order chi connectivity index (χ1) is 12.5. The number of benzene rings is 2. The normalized spacial score (nSPS) is 26.4. The van der Waals surface area contributed by atoms with Crippen LogP contribution < -0.4 is 0 Å². The summed E-state index contributed by atoms with van der Waals surface area (Å²) < 4.78 is 5.90. The second-order valence-corrected chi connectivity index (χ2v) is 6.96. The van der Waals surface area contributed by atoms with Crippen LogP contribution in [0.5, 0.6) is 0 Å². The highest BCUT2D eigenvalue weighted by Crippen LogP contribution is 2.39. The minimum absolute atomic E-state index is 0.0110. The molecule has 1 fully saturated rings. The lowest BCUT2D eigenvalue weighted by molar-refractivity contribution is -0.0322. The Labute approximate surface area is 153 Å². The van der Waals surface area contributed by atoms with Gasteiger partial charge in [0.25, 0.3) is 0 Å². The number of aliphatic hydroxyl groups excluding tert-OH is 1. The van der Waals surface area contributed by atoms with Crippen LogP contribution in [0.1, 0.15) is 41.0 Å². The molecule has 0 aliphatic carbocycles. The smallest absolute Gasteiger partial charge is 0.169 e. The quantitative estimate of drug-likeness (QED) is 0.808. The highest BCUT2D eigenvalue weighted by atomic mass is 16.5. The van der Waals surface area contributed by atoms with Crippen LogP contribution in [0.15, 0.2) is 60.7 Å². The van der Waals surface area contributed by atoms with Crippen molar-refractivity contribution in [2.75, 3.05) is 0 Å². The van der Waals surface area contributed by atoms with Gasteiger partial charge in [-0.15, -0.1) is 0 Å². The molecule has 0 amide bonds. The maximum atomic E-state index is 13.1. The third-order valence-electron chi connectivity index (χ3n) is 5.14. The Bertz CT molecular complexity index is 754. The van der Waals surface area contributed by atoms with Crippen LogP contribution in [0.4, 0.5) is 0 Å². The number of hydrogen-bond donors (Lipinski definition) is 1.